The summed E-state index contributed by atoms with van der Waals surface area (Å²) in [5.41, 5.74) is 9.81. The Morgan fingerprint density at radius 1 is 1.32 bits per heavy atom. The highest BCUT2D eigenvalue weighted by atomic mass is 16.3. The van der Waals surface area contributed by atoms with E-state index in [-0.39, 0.29) is 12.1 Å². The van der Waals surface area contributed by atoms with Gasteiger partial charge in [-0.05, 0) is 18.7 Å². The Bertz CT molecular complexity index is 1290. The number of aromatic nitrogens is 7. The van der Waals surface area contributed by atoms with Crippen molar-refractivity contribution in [3.8, 4) is 28.7 Å². The van der Waals surface area contributed by atoms with Gasteiger partial charge >= 0.3 is 0 Å². The molecular formula is C20H22N10O. The summed E-state index contributed by atoms with van der Waals surface area (Å²) in [6, 6.07) is 5.90. The average molecular weight is 418 g/mol. The first kappa shape index (κ1) is 19.2. The van der Waals surface area contributed by atoms with Crippen molar-refractivity contribution in [1.29, 1.82) is 5.26 Å². The molecule has 11 nitrogen and oxygen atoms in total. The fraction of sp³-hybridized carbons (Fsp3) is 0.350. The summed E-state index contributed by atoms with van der Waals surface area (Å²) in [6.07, 6.45) is 5.70. The van der Waals surface area contributed by atoms with Crippen LogP contribution >= 0.6 is 0 Å². The Labute approximate surface area is 177 Å². The third kappa shape index (κ3) is 3.04. The van der Waals surface area contributed by atoms with Crippen LogP contribution in [0.25, 0.3) is 28.2 Å². The number of likely N-dealkylation sites (N-methyl/N-ethyl adjacent to an activating group) is 1. The SMILES string of the molecule is CCN1CC(CC#N)(n2cc(-c3nc(-c4cc(CO)[nH]n4)cn4nccc34)c(N)n2)C1. The molecule has 4 N–H and O–H groups in total. The summed E-state index contributed by atoms with van der Waals surface area (Å²) in [5, 5.41) is 34.7. The van der Waals surface area contributed by atoms with E-state index in [0.717, 1.165) is 25.2 Å². The van der Waals surface area contributed by atoms with Crippen LogP contribution in [0.2, 0.25) is 0 Å². The summed E-state index contributed by atoms with van der Waals surface area (Å²) in [4.78, 5) is 7.07. The molecule has 1 aliphatic heterocycles. The highest BCUT2D eigenvalue weighted by Gasteiger charge is 2.45. The third-order valence-corrected chi connectivity index (χ3v) is 5.83. The number of rotatable bonds is 6. The van der Waals surface area contributed by atoms with Gasteiger partial charge in [0.1, 0.15) is 22.6 Å². The number of nitrogen functional groups attached to an aromatic ring is 1. The fourth-order valence-electron chi connectivity index (χ4n) is 4.13. The maximum Gasteiger partial charge on any atom is 0.155 e. The molecule has 0 spiro atoms. The fourth-order valence-corrected chi connectivity index (χ4v) is 4.13. The van der Waals surface area contributed by atoms with E-state index in [1.54, 1.807) is 23.0 Å². The Morgan fingerprint density at radius 2 is 2.16 bits per heavy atom. The summed E-state index contributed by atoms with van der Waals surface area (Å²) >= 11 is 0. The minimum Gasteiger partial charge on any atom is -0.390 e. The van der Waals surface area contributed by atoms with Gasteiger partial charge in [0.05, 0.1) is 48.3 Å². The first-order valence-electron chi connectivity index (χ1n) is 10.0. The van der Waals surface area contributed by atoms with Crippen LogP contribution < -0.4 is 5.73 Å². The van der Waals surface area contributed by atoms with Gasteiger partial charge in [0.15, 0.2) is 5.82 Å². The Hall–Kier alpha value is -3.75. The Morgan fingerprint density at radius 3 is 2.87 bits per heavy atom. The number of anilines is 1. The van der Waals surface area contributed by atoms with Crippen molar-refractivity contribution in [3.05, 3.63) is 36.4 Å². The highest BCUT2D eigenvalue weighted by Crippen LogP contribution is 2.36. The molecule has 0 aliphatic carbocycles. The lowest BCUT2D eigenvalue weighted by Gasteiger charge is -2.48. The van der Waals surface area contributed by atoms with Gasteiger partial charge in [-0.15, -0.1) is 0 Å². The second kappa shape index (κ2) is 7.19. The summed E-state index contributed by atoms with van der Waals surface area (Å²) < 4.78 is 3.54. The standard InChI is InChI=1S/C20H22N10O/c1-2-28-11-20(12-28,4-5-21)30-8-14(19(22)27-30)18-17-3-6-23-29(17)9-16(24-18)15-7-13(10-31)25-26-15/h3,6-9,31H,2,4,10-12H2,1H3,(H2,22,27)(H,25,26). The molecule has 4 aromatic rings. The normalized spacial score (nSPS) is 15.8. The molecule has 1 saturated heterocycles. The largest absolute Gasteiger partial charge is 0.390 e. The number of aromatic amines is 1. The molecule has 11 heteroatoms. The maximum absolute atomic E-state index is 9.39. The molecule has 0 aromatic carbocycles. The van der Waals surface area contributed by atoms with E-state index < -0.39 is 0 Å². The maximum atomic E-state index is 9.39. The molecule has 31 heavy (non-hydrogen) atoms. The molecule has 1 aliphatic rings. The molecule has 5 rings (SSSR count). The first-order valence-corrected chi connectivity index (χ1v) is 10.0. The lowest BCUT2D eigenvalue weighted by molar-refractivity contribution is 0.00974. The number of nitriles is 1. The van der Waals surface area contributed by atoms with Crippen molar-refractivity contribution in [2.75, 3.05) is 25.4 Å². The van der Waals surface area contributed by atoms with Crippen LogP contribution in [-0.2, 0) is 12.1 Å². The van der Waals surface area contributed by atoms with Gasteiger partial charge in [-0.3, -0.25) is 14.7 Å². The molecule has 0 radical (unpaired) electrons. The Balaban J connectivity index is 1.61. The zero-order valence-corrected chi connectivity index (χ0v) is 17.0. The topological polar surface area (TPSA) is 150 Å². The van der Waals surface area contributed by atoms with Gasteiger partial charge in [0.25, 0.3) is 0 Å². The second-order valence-corrected chi connectivity index (χ2v) is 7.81. The number of nitrogens with zero attached hydrogens (tertiary/aromatic N) is 8. The number of likely N-dealkylation sites (tertiary alicyclic amines) is 1. The molecular weight excluding hydrogens is 396 g/mol. The van der Waals surface area contributed by atoms with Crippen molar-refractivity contribution in [3.63, 3.8) is 0 Å². The van der Waals surface area contributed by atoms with E-state index in [1.165, 1.54) is 0 Å². The Kier molecular flexibility index (Phi) is 4.46. The van der Waals surface area contributed by atoms with Crippen LogP contribution in [0.4, 0.5) is 5.82 Å². The molecule has 0 saturated carbocycles. The number of H-pyrrole nitrogens is 1. The lowest BCUT2D eigenvalue weighted by Crippen LogP contribution is -2.62. The zero-order valence-electron chi connectivity index (χ0n) is 17.0. The second-order valence-electron chi connectivity index (χ2n) is 7.81. The minimum absolute atomic E-state index is 0.140. The van der Waals surface area contributed by atoms with Gasteiger partial charge in [-0.25, -0.2) is 9.50 Å². The number of hydrogen-bond donors (Lipinski definition) is 3. The van der Waals surface area contributed by atoms with Crippen molar-refractivity contribution >= 4 is 11.3 Å². The van der Waals surface area contributed by atoms with E-state index in [4.69, 9.17) is 10.7 Å². The minimum atomic E-state index is -0.385. The van der Waals surface area contributed by atoms with E-state index in [0.29, 0.717) is 40.6 Å². The van der Waals surface area contributed by atoms with Gasteiger partial charge in [-0.1, -0.05) is 6.92 Å². The molecule has 0 amide bonds. The quantitative estimate of drug-likeness (QED) is 0.420. The van der Waals surface area contributed by atoms with Crippen molar-refractivity contribution in [2.24, 2.45) is 0 Å². The lowest BCUT2D eigenvalue weighted by atomic mass is 9.87. The van der Waals surface area contributed by atoms with Gasteiger partial charge in [0.2, 0.25) is 0 Å². The van der Waals surface area contributed by atoms with Crippen LogP contribution in [0, 0.1) is 11.3 Å². The smallest absolute Gasteiger partial charge is 0.155 e. The van der Waals surface area contributed by atoms with Crippen LogP contribution in [0.15, 0.2) is 30.7 Å². The van der Waals surface area contributed by atoms with E-state index in [2.05, 4.69) is 38.3 Å². The molecule has 0 atom stereocenters. The third-order valence-electron chi connectivity index (χ3n) is 5.83. The highest BCUT2D eigenvalue weighted by molar-refractivity contribution is 5.83. The van der Waals surface area contributed by atoms with E-state index >= 15 is 0 Å². The first-order chi connectivity index (χ1) is 15.1. The van der Waals surface area contributed by atoms with Gasteiger partial charge < -0.3 is 10.8 Å². The van der Waals surface area contributed by atoms with E-state index in [9.17, 15) is 10.4 Å². The summed E-state index contributed by atoms with van der Waals surface area (Å²) in [7, 11) is 0. The van der Waals surface area contributed by atoms with Crippen molar-refractivity contribution < 1.29 is 5.11 Å². The van der Waals surface area contributed by atoms with Crippen LogP contribution in [-0.4, -0.2) is 64.2 Å². The molecule has 0 unspecified atom stereocenters. The average Bonchev–Trinajstić information content (AvgIpc) is 3.48. The molecule has 0 bridgehead atoms. The molecule has 5 heterocycles. The number of aliphatic hydroxyl groups is 1. The van der Waals surface area contributed by atoms with Crippen molar-refractivity contribution in [1.82, 2.24) is 39.5 Å². The number of aliphatic hydroxyl groups excluding tert-OH is 1. The van der Waals surface area contributed by atoms with Gasteiger partial charge in [0, 0.05) is 19.3 Å². The monoisotopic (exact) mass is 418 g/mol. The zero-order chi connectivity index (χ0) is 21.6. The van der Waals surface area contributed by atoms with Gasteiger partial charge in [-0.2, -0.15) is 20.6 Å². The predicted molar refractivity (Wildman–Crippen MR) is 112 cm³/mol. The summed E-state index contributed by atoms with van der Waals surface area (Å²) in [5.74, 6) is 0.345. The number of nitrogens with one attached hydrogen (secondary N) is 1. The van der Waals surface area contributed by atoms with Crippen LogP contribution in [0.5, 0.6) is 0 Å². The van der Waals surface area contributed by atoms with E-state index in [1.807, 2.05) is 16.9 Å². The summed E-state index contributed by atoms with van der Waals surface area (Å²) in [6.45, 7) is 4.40. The molecule has 158 valence electrons. The number of fused-ring (bicyclic) bond motifs is 1. The van der Waals surface area contributed by atoms with Crippen molar-refractivity contribution in [2.45, 2.75) is 25.5 Å². The van der Waals surface area contributed by atoms with Crippen LogP contribution in [0.1, 0.15) is 19.0 Å². The number of nitrogens with two attached hydrogens (primary N) is 1. The molecule has 1 fully saturated rings. The van der Waals surface area contributed by atoms with Crippen LogP contribution in [0.3, 0.4) is 0 Å². The molecule has 4 aromatic heterocycles. The predicted octanol–water partition coefficient (Wildman–Crippen LogP) is 1.00. The number of hydrogen-bond acceptors (Lipinski definition) is 8.